The number of carbonyl (C=O) groups excluding carboxylic acids is 1. The smallest absolute Gasteiger partial charge is 0.251 e. The highest BCUT2D eigenvalue weighted by atomic mass is 16.5. The van der Waals surface area contributed by atoms with Gasteiger partial charge < -0.3 is 29.2 Å². The average molecular weight is 412 g/mol. The van der Waals surface area contributed by atoms with Crippen LogP contribution < -0.4 is 29.8 Å². The van der Waals surface area contributed by atoms with Crippen LogP contribution >= 0.6 is 0 Å². The molecule has 0 fully saturated rings. The van der Waals surface area contributed by atoms with Gasteiger partial charge in [-0.15, -0.1) is 0 Å². The number of aromatic amines is 1. The van der Waals surface area contributed by atoms with E-state index in [1.165, 1.54) is 21.3 Å². The second-order valence-corrected chi connectivity index (χ2v) is 6.49. The van der Waals surface area contributed by atoms with E-state index in [-0.39, 0.29) is 18.0 Å². The lowest BCUT2D eigenvalue weighted by Gasteiger charge is -2.11. The molecule has 8 nitrogen and oxygen atoms in total. The Bertz CT molecular complexity index is 1100. The van der Waals surface area contributed by atoms with Crippen molar-refractivity contribution in [3.63, 3.8) is 0 Å². The minimum absolute atomic E-state index is 0.244. The topological polar surface area (TPSA) is 98.9 Å². The predicted molar refractivity (Wildman–Crippen MR) is 113 cm³/mol. The summed E-state index contributed by atoms with van der Waals surface area (Å²) in [6.07, 6.45) is 0.346. The summed E-state index contributed by atoms with van der Waals surface area (Å²) in [7, 11) is 6.14. The summed E-state index contributed by atoms with van der Waals surface area (Å²) in [5.74, 6) is 1.92. The quantitative estimate of drug-likeness (QED) is 0.590. The standard InChI is InChI=1S/C22H24N2O6/c1-27-15-9-14(10-16(12-15)28-2)21(25)23-8-7-13-11-17-18(29-3)5-6-19(30-4)20(17)24-22(13)26/h5-6,9-12H,7-8H2,1-4H3,(H,23,25)(H,24,26). The van der Waals surface area contributed by atoms with E-state index in [1.54, 1.807) is 43.5 Å². The van der Waals surface area contributed by atoms with Gasteiger partial charge in [0.05, 0.1) is 34.0 Å². The first-order valence-electron chi connectivity index (χ1n) is 9.28. The number of hydrogen-bond acceptors (Lipinski definition) is 6. The average Bonchev–Trinajstić information content (AvgIpc) is 2.78. The van der Waals surface area contributed by atoms with Crippen LogP contribution in [0.4, 0.5) is 0 Å². The van der Waals surface area contributed by atoms with Crippen LogP contribution in [0.3, 0.4) is 0 Å². The Hall–Kier alpha value is -3.68. The molecule has 0 aliphatic heterocycles. The van der Waals surface area contributed by atoms with E-state index in [9.17, 15) is 9.59 Å². The van der Waals surface area contributed by atoms with Gasteiger partial charge in [-0.25, -0.2) is 0 Å². The van der Waals surface area contributed by atoms with Crippen LogP contribution in [0.15, 0.2) is 41.2 Å². The van der Waals surface area contributed by atoms with Crippen molar-refractivity contribution in [1.29, 1.82) is 0 Å². The molecule has 1 aromatic heterocycles. The van der Waals surface area contributed by atoms with Gasteiger partial charge in [-0.05, 0) is 36.8 Å². The zero-order valence-electron chi connectivity index (χ0n) is 17.3. The van der Waals surface area contributed by atoms with Crippen LogP contribution in [0, 0.1) is 0 Å². The van der Waals surface area contributed by atoms with Gasteiger partial charge in [-0.1, -0.05) is 0 Å². The summed E-state index contributed by atoms with van der Waals surface area (Å²) in [5, 5.41) is 3.55. The molecular weight excluding hydrogens is 388 g/mol. The molecule has 30 heavy (non-hydrogen) atoms. The van der Waals surface area contributed by atoms with Gasteiger partial charge in [0, 0.05) is 29.1 Å². The highest BCUT2D eigenvalue weighted by Gasteiger charge is 2.13. The third-order valence-electron chi connectivity index (χ3n) is 4.75. The first kappa shape index (κ1) is 21.0. The molecule has 0 spiro atoms. The number of aromatic nitrogens is 1. The van der Waals surface area contributed by atoms with Gasteiger partial charge in [-0.2, -0.15) is 0 Å². The van der Waals surface area contributed by atoms with Gasteiger partial charge in [0.2, 0.25) is 0 Å². The number of carbonyl (C=O) groups is 1. The first-order valence-corrected chi connectivity index (χ1v) is 9.28. The van der Waals surface area contributed by atoms with E-state index < -0.39 is 0 Å². The molecule has 2 N–H and O–H groups in total. The van der Waals surface area contributed by atoms with E-state index >= 15 is 0 Å². The summed E-state index contributed by atoms with van der Waals surface area (Å²) in [6.45, 7) is 0.277. The molecule has 0 aliphatic carbocycles. The van der Waals surface area contributed by atoms with Crippen molar-refractivity contribution in [1.82, 2.24) is 10.3 Å². The highest BCUT2D eigenvalue weighted by molar-refractivity contribution is 5.95. The number of pyridine rings is 1. The summed E-state index contributed by atoms with van der Waals surface area (Å²) in [4.78, 5) is 27.9. The van der Waals surface area contributed by atoms with Crippen LogP contribution in [0.5, 0.6) is 23.0 Å². The van der Waals surface area contributed by atoms with E-state index in [0.717, 1.165) is 5.39 Å². The summed E-state index contributed by atoms with van der Waals surface area (Å²) in [5.41, 5.74) is 1.26. The molecule has 0 bridgehead atoms. The molecule has 8 heteroatoms. The maximum Gasteiger partial charge on any atom is 0.251 e. The van der Waals surface area contributed by atoms with Crippen LogP contribution in [0.1, 0.15) is 15.9 Å². The fraction of sp³-hybridized carbons (Fsp3) is 0.273. The van der Waals surface area contributed by atoms with Gasteiger partial charge in [0.25, 0.3) is 11.5 Å². The van der Waals surface area contributed by atoms with Crippen molar-refractivity contribution >= 4 is 16.8 Å². The van der Waals surface area contributed by atoms with Crippen LogP contribution in [0.2, 0.25) is 0 Å². The van der Waals surface area contributed by atoms with Gasteiger partial charge in [-0.3, -0.25) is 9.59 Å². The second-order valence-electron chi connectivity index (χ2n) is 6.49. The Labute approximate surface area is 173 Å². The van der Waals surface area contributed by atoms with Crippen molar-refractivity contribution in [3.8, 4) is 23.0 Å². The molecule has 0 aliphatic rings. The fourth-order valence-corrected chi connectivity index (χ4v) is 3.17. The summed E-state index contributed by atoms with van der Waals surface area (Å²) < 4.78 is 21.1. The molecule has 3 aromatic rings. The molecule has 1 amide bonds. The zero-order chi connectivity index (χ0) is 21.7. The Morgan fingerprint density at radius 2 is 1.53 bits per heavy atom. The van der Waals surface area contributed by atoms with E-state index in [0.29, 0.717) is 46.1 Å². The number of fused-ring (bicyclic) bond motifs is 1. The molecule has 0 atom stereocenters. The predicted octanol–water partition coefficient (Wildman–Crippen LogP) is 2.54. The number of nitrogens with one attached hydrogen (secondary N) is 2. The molecule has 0 saturated carbocycles. The minimum Gasteiger partial charge on any atom is -0.497 e. The Morgan fingerprint density at radius 3 is 2.13 bits per heavy atom. The van der Waals surface area contributed by atoms with Crippen molar-refractivity contribution in [2.75, 3.05) is 35.0 Å². The lowest BCUT2D eigenvalue weighted by Crippen LogP contribution is -2.27. The van der Waals surface area contributed by atoms with Gasteiger partial charge >= 0.3 is 0 Å². The van der Waals surface area contributed by atoms with Gasteiger partial charge in [0.1, 0.15) is 23.0 Å². The molecule has 3 rings (SSSR count). The molecule has 1 heterocycles. The number of H-pyrrole nitrogens is 1. The van der Waals surface area contributed by atoms with Crippen LogP contribution in [0.25, 0.3) is 10.9 Å². The van der Waals surface area contributed by atoms with Gasteiger partial charge in [0.15, 0.2) is 0 Å². The van der Waals surface area contributed by atoms with Crippen molar-refractivity contribution < 1.29 is 23.7 Å². The van der Waals surface area contributed by atoms with E-state index in [1.807, 2.05) is 0 Å². The molecular formula is C22H24N2O6. The maximum absolute atomic E-state index is 12.5. The lowest BCUT2D eigenvalue weighted by molar-refractivity contribution is 0.0953. The van der Waals surface area contributed by atoms with E-state index in [2.05, 4.69) is 10.3 Å². The molecule has 2 aromatic carbocycles. The normalized spacial score (nSPS) is 10.5. The molecule has 0 saturated heterocycles. The maximum atomic E-state index is 12.5. The number of ether oxygens (including phenoxy) is 4. The molecule has 158 valence electrons. The largest absolute Gasteiger partial charge is 0.497 e. The zero-order valence-corrected chi connectivity index (χ0v) is 17.3. The highest BCUT2D eigenvalue weighted by Crippen LogP contribution is 2.31. The Balaban J connectivity index is 1.78. The van der Waals surface area contributed by atoms with Crippen LogP contribution in [-0.2, 0) is 6.42 Å². The fourth-order valence-electron chi connectivity index (χ4n) is 3.17. The van der Waals surface area contributed by atoms with Crippen molar-refractivity contribution in [2.24, 2.45) is 0 Å². The van der Waals surface area contributed by atoms with Crippen molar-refractivity contribution in [2.45, 2.75) is 6.42 Å². The molecule has 0 radical (unpaired) electrons. The minimum atomic E-state index is -0.288. The Kier molecular flexibility index (Phi) is 6.46. The Morgan fingerprint density at radius 1 is 0.900 bits per heavy atom. The third kappa shape index (κ3) is 4.32. The number of benzene rings is 2. The number of rotatable bonds is 8. The van der Waals surface area contributed by atoms with Crippen LogP contribution in [-0.4, -0.2) is 45.9 Å². The van der Waals surface area contributed by atoms with E-state index in [4.69, 9.17) is 18.9 Å². The lowest BCUT2D eigenvalue weighted by atomic mass is 10.1. The number of hydrogen-bond donors (Lipinski definition) is 2. The SMILES string of the molecule is COc1cc(OC)cc(C(=O)NCCc2cc3c(OC)ccc(OC)c3[nH]c2=O)c1. The number of methoxy groups -OCH3 is 4. The first-order chi connectivity index (χ1) is 14.5. The number of amides is 1. The van der Waals surface area contributed by atoms with Crippen molar-refractivity contribution in [3.05, 3.63) is 57.9 Å². The summed E-state index contributed by atoms with van der Waals surface area (Å²) >= 11 is 0. The monoisotopic (exact) mass is 412 g/mol. The summed E-state index contributed by atoms with van der Waals surface area (Å²) in [6, 6.07) is 10.2. The third-order valence-corrected chi connectivity index (χ3v) is 4.75. The second kappa shape index (κ2) is 9.21. The molecule has 0 unspecified atom stereocenters.